The zero-order chi connectivity index (χ0) is 10.9. The molecule has 1 aromatic carbocycles. The first kappa shape index (κ1) is 10.0. The van der Waals surface area contributed by atoms with Crippen LogP contribution in [0, 0.1) is 0 Å². The lowest BCUT2D eigenvalue weighted by atomic mass is 10.2. The molecule has 1 aliphatic heterocycles. The second kappa shape index (κ2) is 3.56. The van der Waals surface area contributed by atoms with E-state index in [1.54, 1.807) is 24.3 Å². The van der Waals surface area contributed by atoms with Gasteiger partial charge in [0.1, 0.15) is 0 Å². The van der Waals surface area contributed by atoms with Gasteiger partial charge in [0.15, 0.2) is 0 Å². The molecule has 0 saturated carbocycles. The van der Waals surface area contributed by atoms with Gasteiger partial charge in [0.25, 0.3) is 0 Å². The number of benzene rings is 1. The van der Waals surface area contributed by atoms with E-state index in [9.17, 15) is 8.42 Å². The fraction of sp³-hybridized carbons (Fsp3) is 0.111. The van der Waals surface area contributed by atoms with E-state index in [4.69, 9.17) is 5.73 Å². The van der Waals surface area contributed by atoms with Crippen LogP contribution >= 0.6 is 0 Å². The predicted molar refractivity (Wildman–Crippen MR) is 58.0 cm³/mol. The maximum Gasteiger partial charge on any atom is 0.327 e. The molecule has 6 heteroatoms. The Morgan fingerprint density at radius 3 is 2.40 bits per heavy atom. The van der Waals surface area contributed by atoms with Gasteiger partial charge in [-0.05, 0) is 17.7 Å². The lowest BCUT2D eigenvalue weighted by Gasteiger charge is -2.14. The maximum atomic E-state index is 11.4. The van der Waals surface area contributed by atoms with Crippen molar-refractivity contribution in [3.05, 3.63) is 42.2 Å². The van der Waals surface area contributed by atoms with Crippen LogP contribution < -0.4 is 14.8 Å². The molecule has 2 rings (SSSR count). The van der Waals surface area contributed by atoms with Crippen molar-refractivity contribution in [2.75, 3.05) is 4.31 Å². The minimum Gasteiger partial charge on any atom is -0.326 e. The van der Waals surface area contributed by atoms with Gasteiger partial charge >= 0.3 is 10.2 Å². The minimum atomic E-state index is -3.42. The van der Waals surface area contributed by atoms with Crippen molar-refractivity contribution in [1.29, 1.82) is 0 Å². The predicted octanol–water partition coefficient (Wildman–Crippen LogP) is 0.271. The largest absolute Gasteiger partial charge is 0.327 e. The van der Waals surface area contributed by atoms with Gasteiger partial charge in [-0.2, -0.15) is 8.42 Å². The first-order valence-electron chi connectivity index (χ1n) is 4.41. The third kappa shape index (κ3) is 1.81. The lowest BCUT2D eigenvalue weighted by Crippen LogP contribution is -2.28. The molecule has 0 radical (unpaired) electrons. The third-order valence-electron chi connectivity index (χ3n) is 2.11. The quantitative estimate of drug-likeness (QED) is 0.758. The van der Waals surface area contributed by atoms with Gasteiger partial charge in [-0.15, -0.1) is 0 Å². The van der Waals surface area contributed by atoms with Crippen LogP contribution in [0.5, 0.6) is 0 Å². The molecule has 0 atom stereocenters. The van der Waals surface area contributed by atoms with Crippen LogP contribution in [0.1, 0.15) is 5.56 Å². The first-order chi connectivity index (χ1) is 7.13. The van der Waals surface area contributed by atoms with Crippen LogP contribution in [0.2, 0.25) is 0 Å². The molecule has 0 aromatic heterocycles. The van der Waals surface area contributed by atoms with Crippen molar-refractivity contribution in [2.24, 2.45) is 5.73 Å². The molecular weight excluding hydrogens is 214 g/mol. The molecule has 0 aliphatic carbocycles. The Morgan fingerprint density at radius 2 is 1.93 bits per heavy atom. The van der Waals surface area contributed by atoms with Crippen LogP contribution in [0.4, 0.5) is 5.69 Å². The number of anilines is 1. The molecule has 0 bridgehead atoms. The third-order valence-corrected chi connectivity index (χ3v) is 3.40. The summed E-state index contributed by atoms with van der Waals surface area (Å²) in [6.07, 6.45) is 2.85. The van der Waals surface area contributed by atoms with Crippen molar-refractivity contribution >= 4 is 15.9 Å². The molecule has 0 saturated heterocycles. The van der Waals surface area contributed by atoms with E-state index in [2.05, 4.69) is 4.72 Å². The number of rotatable bonds is 2. The minimum absolute atomic E-state index is 0.446. The summed E-state index contributed by atoms with van der Waals surface area (Å²) in [6.45, 7) is 0.446. The Balaban J connectivity index is 2.34. The molecule has 0 amide bonds. The summed E-state index contributed by atoms with van der Waals surface area (Å²) >= 11 is 0. The van der Waals surface area contributed by atoms with E-state index in [0.717, 1.165) is 5.56 Å². The fourth-order valence-electron chi connectivity index (χ4n) is 1.32. The standard InChI is InChI=1S/C9H11N3O2S/c10-7-8-1-3-9(4-2-8)12-6-5-11-15(12,13)14/h1-6,11H,7,10H2. The van der Waals surface area contributed by atoms with Crippen LogP contribution in [0.15, 0.2) is 36.7 Å². The highest BCUT2D eigenvalue weighted by Crippen LogP contribution is 2.20. The topological polar surface area (TPSA) is 75.4 Å². The summed E-state index contributed by atoms with van der Waals surface area (Å²) in [5.41, 5.74) is 7.00. The first-order valence-corrected chi connectivity index (χ1v) is 5.85. The number of hydrogen-bond acceptors (Lipinski definition) is 3. The SMILES string of the molecule is NCc1ccc(N2C=CNS2(=O)=O)cc1. The van der Waals surface area contributed by atoms with Crippen molar-refractivity contribution in [1.82, 2.24) is 4.72 Å². The number of nitrogens with zero attached hydrogens (tertiary/aromatic N) is 1. The van der Waals surface area contributed by atoms with E-state index >= 15 is 0 Å². The summed E-state index contributed by atoms with van der Waals surface area (Å²) in [5, 5.41) is 0. The second-order valence-electron chi connectivity index (χ2n) is 3.11. The van der Waals surface area contributed by atoms with Gasteiger partial charge in [-0.25, -0.2) is 4.31 Å². The number of hydrogen-bond donors (Lipinski definition) is 2. The molecule has 1 aliphatic rings. The van der Waals surface area contributed by atoms with Crippen molar-refractivity contribution in [2.45, 2.75) is 6.54 Å². The fourth-order valence-corrected chi connectivity index (χ4v) is 2.29. The molecule has 1 heterocycles. The molecule has 3 N–H and O–H groups in total. The molecule has 5 nitrogen and oxygen atoms in total. The zero-order valence-corrected chi connectivity index (χ0v) is 8.74. The molecular formula is C9H11N3O2S. The zero-order valence-electron chi connectivity index (χ0n) is 7.92. The Labute approximate surface area is 88.4 Å². The van der Waals surface area contributed by atoms with Gasteiger partial charge in [0.05, 0.1) is 5.69 Å². The Bertz CT molecular complexity index is 479. The van der Waals surface area contributed by atoms with Gasteiger partial charge < -0.3 is 5.73 Å². The maximum absolute atomic E-state index is 11.4. The molecule has 0 unspecified atom stereocenters. The average Bonchev–Trinajstić information content (AvgIpc) is 2.58. The van der Waals surface area contributed by atoms with E-state index in [1.165, 1.54) is 16.7 Å². The summed E-state index contributed by atoms with van der Waals surface area (Å²) in [6, 6.07) is 7.04. The van der Waals surface area contributed by atoms with Crippen molar-refractivity contribution < 1.29 is 8.42 Å². The summed E-state index contributed by atoms with van der Waals surface area (Å²) < 4.78 is 26.3. The van der Waals surface area contributed by atoms with Gasteiger partial charge in [-0.1, -0.05) is 12.1 Å². The van der Waals surface area contributed by atoms with Crippen LogP contribution in [-0.2, 0) is 16.8 Å². The highest BCUT2D eigenvalue weighted by Gasteiger charge is 2.22. The second-order valence-corrected chi connectivity index (χ2v) is 4.68. The summed E-state index contributed by atoms with van der Waals surface area (Å²) in [7, 11) is -3.42. The summed E-state index contributed by atoms with van der Waals surface area (Å²) in [4.78, 5) is 0. The molecule has 80 valence electrons. The Hall–Kier alpha value is -1.53. The molecule has 0 fully saturated rings. The molecule has 15 heavy (non-hydrogen) atoms. The van der Waals surface area contributed by atoms with E-state index in [0.29, 0.717) is 12.2 Å². The highest BCUT2D eigenvalue weighted by atomic mass is 32.2. The molecule has 0 spiro atoms. The lowest BCUT2D eigenvalue weighted by molar-refractivity contribution is 0.593. The number of nitrogens with one attached hydrogen (secondary N) is 1. The van der Waals surface area contributed by atoms with E-state index < -0.39 is 10.2 Å². The van der Waals surface area contributed by atoms with Crippen LogP contribution in [0.25, 0.3) is 0 Å². The van der Waals surface area contributed by atoms with Gasteiger partial charge in [0, 0.05) is 18.9 Å². The number of nitrogens with two attached hydrogens (primary N) is 1. The van der Waals surface area contributed by atoms with Crippen LogP contribution in [-0.4, -0.2) is 8.42 Å². The van der Waals surface area contributed by atoms with Crippen LogP contribution in [0.3, 0.4) is 0 Å². The Morgan fingerprint density at radius 1 is 1.27 bits per heavy atom. The smallest absolute Gasteiger partial charge is 0.326 e. The average molecular weight is 225 g/mol. The monoisotopic (exact) mass is 225 g/mol. The van der Waals surface area contributed by atoms with Gasteiger partial charge in [0.2, 0.25) is 0 Å². The normalized spacial score (nSPS) is 17.8. The van der Waals surface area contributed by atoms with Crippen molar-refractivity contribution in [3.63, 3.8) is 0 Å². The Kier molecular flexibility index (Phi) is 2.37. The van der Waals surface area contributed by atoms with E-state index in [-0.39, 0.29) is 0 Å². The molecule has 1 aromatic rings. The van der Waals surface area contributed by atoms with Gasteiger partial charge in [-0.3, -0.25) is 4.72 Å². The highest BCUT2D eigenvalue weighted by molar-refractivity contribution is 7.91. The summed E-state index contributed by atoms with van der Waals surface area (Å²) in [5.74, 6) is 0. The van der Waals surface area contributed by atoms with Crippen molar-refractivity contribution in [3.8, 4) is 0 Å². The van der Waals surface area contributed by atoms with E-state index in [1.807, 2.05) is 0 Å².